The highest BCUT2D eigenvalue weighted by Gasteiger charge is 2.44. The van der Waals surface area contributed by atoms with E-state index in [9.17, 15) is 9.59 Å². The average molecular weight is 737 g/mol. The summed E-state index contributed by atoms with van der Waals surface area (Å²) in [6, 6.07) is 39.9. The minimum atomic E-state index is -1.43. The van der Waals surface area contributed by atoms with Gasteiger partial charge in [0.1, 0.15) is 24.7 Å². The average Bonchev–Trinajstić information content (AvgIpc) is 3.94. The molecule has 0 spiro atoms. The molecule has 0 aliphatic heterocycles. The van der Waals surface area contributed by atoms with E-state index < -0.39 is 19.8 Å². The minimum Gasteiger partial charge on any atom is -0.489 e. The zero-order chi connectivity index (χ0) is 38.9. The quantitative estimate of drug-likeness (QED) is 0.0554. The lowest BCUT2D eigenvalue weighted by molar-refractivity contribution is 0.0817. The molecule has 1 N–H and O–H groups in total. The third-order valence-corrected chi connectivity index (χ3v) is 16.2. The van der Waals surface area contributed by atoms with Gasteiger partial charge in [-0.15, -0.1) is 6.42 Å². The molecule has 0 radical (unpaired) electrons. The molecular weight excluding hydrogens is 685 g/mol. The van der Waals surface area contributed by atoms with Crippen molar-refractivity contribution in [3.05, 3.63) is 180 Å². The molecule has 0 aliphatic carbocycles. The van der Waals surface area contributed by atoms with Gasteiger partial charge in [-0.3, -0.25) is 9.59 Å². The standard InChI is InChI=1S/C19H15NO3.C15H12O.C13H25NSi/c21-18(19(22)16-9-10-20-12-16)15-7-4-8-17(11-15)23-13-14-5-2-1-3-6-14;1-2-13-9-6-10-15(11-13)16-12-14-7-4-3-5-8-14;1-11(2)15(12(3)4,13(5)6)14-9-7-8-10-14/h1-12,20H,13H2;1,3-11H,12H2;7-13H,1-6H3. The molecule has 0 fully saturated rings. The van der Waals surface area contributed by atoms with Crippen LogP contribution in [0.3, 0.4) is 0 Å². The van der Waals surface area contributed by atoms with E-state index in [1.54, 1.807) is 36.5 Å². The molecule has 0 aliphatic rings. The van der Waals surface area contributed by atoms with Crippen molar-refractivity contribution in [3.8, 4) is 23.8 Å². The van der Waals surface area contributed by atoms with Gasteiger partial charge >= 0.3 is 0 Å². The number of H-pyrrole nitrogens is 1. The van der Waals surface area contributed by atoms with Crippen molar-refractivity contribution in [1.29, 1.82) is 0 Å². The predicted molar refractivity (Wildman–Crippen MR) is 223 cm³/mol. The second kappa shape index (κ2) is 20.4. The molecule has 6 nitrogen and oxygen atoms in total. The first-order valence-electron chi connectivity index (χ1n) is 18.4. The van der Waals surface area contributed by atoms with E-state index in [0.717, 1.165) is 39.1 Å². The van der Waals surface area contributed by atoms with Crippen molar-refractivity contribution >= 4 is 19.8 Å². The lowest BCUT2D eigenvalue weighted by Gasteiger charge is -2.44. The fourth-order valence-corrected chi connectivity index (χ4v) is 13.6. The van der Waals surface area contributed by atoms with Gasteiger partial charge in [0.2, 0.25) is 11.6 Å². The Morgan fingerprint density at radius 2 is 1.13 bits per heavy atom. The van der Waals surface area contributed by atoms with Crippen molar-refractivity contribution < 1.29 is 19.1 Å². The largest absolute Gasteiger partial charge is 0.489 e. The maximum Gasteiger partial charge on any atom is 0.235 e. The van der Waals surface area contributed by atoms with Crippen LogP contribution in [0.2, 0.25) is 16.6 Å². The molecule has 6 aromatic rings. The second-order valence-corrected chi connectivity index (χ2v) is 19.7. The van der Waals surface area contributed by atoms with E-state index in [1.807, 2.05) is 84.9 Å². The third-order valence-electron chi connectivity index (χ3n) is 9.49. The number of ketones is 2. The molecule has 2 heterocycles. The van der Waals surface area contributed by atoms with Crippen molar-refractivity contribution in [3.63, 3.8) is 0 Å². The number of aromatic nitrogens is 2. The van der Waals surface area contributed by atoms with Crippen LogP contribution in [0.25, 0.3) is 0 Å². The zero-order valence-electron chi connectivity index (χ0n) is 32.2. The second-order valence-electron chi connectivity index (χ2n) is 13.9. The Hall–Kier alpha value is -5.84. The number of ether oxygens (including phenoxy) is 2. The van der Waals surface area contributed by atoms with E-state index in [1.165, 1.54) is 6.20 Å². The summed E-state index contributed by atoms with van der Waals surface area (Å²) in [5.41, 5.74) is 6.04. The maximum atomic E-state index is 12.3. The van der Waals surface area contributed by atoms with Crippen molar-refractivity contribution in [2.75, 3.05) is 0 Å². The summed E-state index contributed by atoms with van der Waals surface area (Å²) in [6.45, 7) is 15.3. The van der Waals surface area contributed by atoms with Gasteiger partial charge in [0.25, 0.3) is 0 Å². The Morgan fingerprint density at radius 3 is 1.61 bits per heavy atom. The van der Waals surface area contributed by atoms with Crippen molar-refractivity contribution in [2.45, 2.75) is 71.4 Å². The molecule has 7 heteroatoms. The number of nitrogens with one attached hydrogen (secondary N) is 1. The number of carbonyl (C=O) groups excluding carboxylic acids is 2. The van der Waals surface area contributed by atoms with Crippen LogP contribution in [-0.2, 0) is 13.2 Å². The van der Waals surface area contributed by atoms with Crippen LogP contribution < -0.4 is 9.47 Å². The Labute approximate surface area is 322 Å². The molecule has 278 valence electrons. The number of hydrogen-bond donors (Lipinski definition) is 1. The Kier molecular flexibility index (Phi) is 15.5. The molecule has 6 rings (SSSR count). The highest BCUT2D eigenvalue weighted by molar-refractivity contribution is 6.82. The Morgan fingerprint density at radius 1 is 0.630 bits per heavy atom. The molecule has 0 atom stereocenters. The van der Waals surface area contributed by atoms with Crippen LogP contribution in [0.4, 0.5) is 0 Å². The molecule has 0 saturated carbocycles. The topological polar surface area (TPSA) is 73.3 Å². The third kappa shape index (κ3) is 11.1. The maximum absolute atomic E-state index is 12.3. The predicted octanol–water partition coefficient (Wildman–Crippen LogP) is 11.4. The fraction of sp³-hybridized carbons (Fsp3) is 0.234. The van der Waals surface area contributed by atoms with Crippen LogP contribution in [-0.4, -0.2) is 29.0 Å². The van der Waals surface area contributed by atoms with E-state index in [0.29, 0.717) is 30.1 Å². The van der Waals surface area contributed by atoms with Crippen molar-refractivity contribution in [1.82, 2.24) is 9.22 Å². The van der Waals surface area contributed by atoms with Gasteiger partial charge in [0.15, 0.2) is 8.24 Å². The number of benzene rings is 4. The van der Waals surface area contributed by atoms with Gasteiger partial charge in [0, 0.05) is 29.1 Å². The van der Waals surface area contributed by atoms with E-state index in [-0.39, 0.29) is 0 Å². The first-order valence-corrected chi connectivity index (χ1v) is 20.6. The summed E-state index contributed by atoms with van der Waals surface area (Å²) < 4.78 is 13.9. The summed E-state index contributed by atoms with van der Waals surface area (Å²) in [7, 11) is -1.43. The van der Waals surface area contributed by atoms with Crippen LogP contribution in [0.15, 0.2) is 152 Å². The molecule has 0 amide bonds. The summed E-state index contributed by atoms with van der Waals surface area (Å²) in [6.07, 6.45) is 13.0. The summed E-state index contributed by atoms with van der Waals surface area (Å²) in [4.78, 5) is 27.1. The monoisotopic (exact) mass is 736 g/mol. The molecule has 4 aromatic carbocycles. The highest BCUT2D eigenvalue weighted by Crippen LogP contribution is 2.42. The van der Waals surface area contributed by atoms with Gasteiger partial charge in [-0.2, -0.15) is 0 Å². The number of rotatable bonds is 13. The lowest BCUT2D eigenvalue weighted by atomic mass is 10.0. The van der Waals surface area contributed by atoms with Gasteiger partial charge < -0.3 is 18.7 Å². The molecule has 2 aromatic heterocycles. The van der Waals surface area contributed by atoms with Crippen LogP contribution in [0.1, 0.15) is 78.9 Å². The van der Waals surface area contributed by atoms with Gasteiger partial charge in [-0.25, -0.2) is 0 Å². The smallest absolute Gasteiger partial charge is 0.235 e. The Bertz CT molecular complexity index is 2020. The van der Waals surface area contributed by atoms with Gasteiger partial charge in [-0.1, -0.05) is 126 Å². The van der Waals surface area contributed by atoms with Crippen LogP contribution in [0, 0.1) is 12.3 Å². The number of terminal acetylenes is 1. The molecule has 54 heavy (non-hydrogen) atoms. The molecular formula is C47H52N2O4Si. The summed E-state index contributed by atoms with van der Waals surface area (Å²) >= 11 is 0. The Balaban J connectivity index is 0.000000187. The summed E-state index contributed by atoms with van der Waals surface area (Å²) in [5, 5.41) is 0. The SMILES string of the molecule is C#Cc1cccc(OCc2ccccc2)c1.CC(C)[Si](C(C)C)(C(C)C)n1cccc1.O=C(C(=O)c1cccc(OCc2ccccc2)c1)c1cc[nH]c1. The number of nitrogens with zero attached hydrogens (tertiary/aromatic N) is 1. The fourth-order valence-electron chi connectivity index (χ4n) is 7.10. The highest BCUT2D eigenvalue weighted by atomic mass is 28.3. The number of hydrogen-bond acceptors (Lipinski definition) is 4. The number of Topliss-reactive ketones (excluding diaryl/α,β-unsaturated/α-hetero) is 2. The summed E-state index contributed by atoms with van der Waals surface area (Å²) in [5.74, 6) is 2.87. The zero-order valence-corrected chi connectivity index (χ0v) is 33.2. The van der Waals surface area contributed by atoms with Crippen LogP contribution in [0.5, 0.6) is 11.5 Å². The number of aromatic amines is 1. The first kappa shape index (κ1) is 40.9. The van der Waals surface area contributed by atoms with Gasteiger partial charge in [0.05, 0.1) is 0 Å². The lowest BCUT2D eigenvalue weighted by Crippen LogP contribution is -2.51. The van der Waals surface area contributed by atoms with E-state index in [2.05, 4.69) is 81.2 Å². The number of carbonyl (C=O) groups is 2. The molecule has 0 saturated heterocycles. The minimum absolute atomic E-state index is 0.321. The first-order chi connectivity index (χ1) is 26.1. The normalized spacial score (nSPS) is 10.8. The van der Waals surface area contributed by atoms with Crippen LogP contribution >= 0.6 is 0 Å². The van der Waals surface area contributed by atoms with E-state index in [4.69, 9.17) is 15.9 Å². The molecule has 0 unspecified atom stereocenters. The van der Waals surface area contributed by atoms with E-state index >= 15 is 0 Å². The van der Waals surface area contributed by atoms with Gasteiger partial charge in [-0.05, 0) is 88.7 Å². The molecule has 0 bridgehead atoms. The van der Waals surface area contributed by atoms with Crippen molar-refractivity contribution in [2.24, 2.45) is 0 Å².